The van der Waals surface area contributed by atoms with Crippen LogP contribution in [0.2, 0.25) is 5.02 Å². The van der Waals surface area contributed by atoms with Crippen molar-refractivity contribution >= 4 is 45.8 Å². The lowest BCUT2D eigenvalue weighted by atomic mass is 9.85. The first-order valence-corrected chi connectivity index (χ1v) is 7.50. The van der Waals surface area contributed by atoms with Crippen LogP contribution in [-0.2, 0) is 4.79 Å². The van der Waals surface area contributed by atoms with Crippen LogP contribution >= 0.6 is 34.2 Å². The minimum Gasteiger partial charge on any atom is -0.329 e. The van der Waals surface area contributed by atoms with Crippen LogP contribution in [0.5, 0.6) is 0 Å². The lowest BCUT2D eigenvalue weighted by Gasteiger charge is -2.26. The Labute approximate surface area is 126 Å². The molecule has 0 unspecified atom stereocenters. The smallest absolute Gasteiger partial charge is 0.231 e. The van der Waals surface area contributed by atoms with Crippen LogP contribution in [0.15, 0.2) is 18.2 Å². The minimum atomic E-state index is -0.397. The number of hydrogen-bond acceptors (Lipinski definition) is 2. The molecule has 1 aromatic carbocycles. The number of carbonyl (C=O) groups is 1. The van der Waals surface area contributed by atoms with E-state index in [0.717, 1.165) is 29.3 Å². The average molecular weight is 379 g/mol. The van der Waals surface area contributed by atoms with E-state index in [4.69, 9.17) is 17.3 Å². The molecule has 3 nitrogen and oxygen atoms in total. The number of rotatable bonds is 3. The standard InChI is InChI=1S/C13H16ClIN2O/c14-10-7-9(15)3-4-11(10)17-12(18)13(8-16)5-1-2-6-13/h3-4,7H,1-2,5-6,8,16H2,(H,17,18). The Bertz CT molecular complexity index is 458. The molecule has 0 atom stereocenters. The SMILES string of the molecule is NCC1(C(=O)Nc2ccc(I)cc2Cl)CCCC1. The van der Waals surface area contributed by atoms with Gasteiger partial charge in [0.05, 0.1) is 16.1 Å². The molecule has 0 heterocycles. The molecule has 0 radical (unpaired) electrons. The van der Waals surface area contributed by atoms with E-state index >= 15 is 0 Å². The maximum absolute atomic E-state index is 12.4. The molecule has 0 saturated heterocycles. The highest BCUT2D eigenvalue weighted by atomic mass is 127. The molecule has 1 aliphatic carbocycles. The fraction of sp³-hybridized carbons (Fsp3) is 0.462. The second kappa shape index (κ2) is 5.75. The summed E-state index contributed by atoms with van der Waals surface area (Å²) in [7, 11) is 0. The van der Waals surface area contributed by atoms with E-state index in [-0.39, 0.29) is 5.91 Å². The molecule has 0 aromatic heterocycles. The second-order valence-electron chi connectivity index (χ2n) is 4.77. The maximum atomic E-state index is 12.4. The predicted molar refractivity (Wildman–Crippen MR) is 82.8 cm³/mol. The van der Waals surface area contributed by atoms with Gasteiger partial charge in [0.2, 0.25) is 5.91 Å². The molecule has 0 spiro atoms. The van der Waals surface area contributed by atoms with Gasteiger partial charge in [-0.1, -0.05) is 24.4 Å². The van der Waals surface area contributed by atoms with Crippen LogP contribution in [0.1, 0.15) is 25.7 Å². The van der Waals surface area contributed by atoms with Gasteiger partial charge in [-0.3, -0.25) is 4.79 Å². The molecule has 2 rings (SSSR count). The number of benzene rings is 1. The molecule has 18 heavy (non-hydrogen) atoms. The molecule has 0 bridgehead atoms. The third kappa shape index (κ3) is 2.81. The molecule has 1 amide bonds. The zero-order valence-corrected chi connectivity index (χ0v) is 12.9. The van der Waals surface area contributed by atoms with Crippen LogP contribution in [0.3, 0.4) is 0 Å². The molecule has 1 aliphatic rings. The highest BCUT2D eigenvalue weighted by Gasteiger charge is 2.39. The van der Waals surface area contributed by atoms with E-state index in [0.29, 0.717) is 17.3 Å². The summed E-state index contributed by atoms with van der Waals surface area (Å²) in [5.41, 5.74) is 6.06. The van der Waals surface area contributed by atoms with Crippen molar-refractivity contribution in [2.24, 2.45) is 11.1 Å². The van der Waals surface area contributed by atoms with Gasteiger partial charge in [0.1, 0.15) is 0 Å². The fourth-order valence-electron chi connectivity index (χ4n) is 2.42. The van der Waals surface area contributed by atoms with Gasteiger partial charge in [0.25, 0.3) is 0 Å². The monoisotopic (exact) mass is 378 g/mol. The molecule has 3 N–H and O–H groups in total. The van der Waals surface area contributed by atoms with Gasteiger partial charge < -0.3 is 11.1 Å². The van der Waals surface area contributed by atoms with E-state index in [1.54, 1.807) is 0 Å². The van der Waals surface area contributed by atoms with Gasteiger partial charge in [0.15, 0.2) is 0 Å². The molecule has 1 saturated carbocycles. The van der Waals surface area contributed by atoms with Crippen molar-refractivity contribution < 1.29 is 4.79 Å². The van der Waals surface area contributed by atoms with Crippen LogP contribution in [0, 0.1) is 8.99 Å². The summed E-state index contributed by atoms with van der Waals surface area (Å²) in [5.74, 6) is 0.00519. The van der Waals surface area contributed by atoms with Gasteiger partial charge in [-0.25, -0.2) is 0 Å². The topological polar surface area (TPSA) is 55.1 Å². The molecule has 0 aliphatic heterocycles. The van der Waals surface area contributed by atoms with Gasteiger partial charge in [-0.2, -0.15) is 0 Å². The van der Waals surface area contributed by atoms with Crippen molar-refractivity contribution in [3.8, 4) is 0 Å². The number of anilines is 1. The van der Waals surface area contributed by atoms with Crippen molar-refractivity contribution in [1.29, 1.82) is 0 Å². The van der Waals surface area contributed by atoms with Crippen LogP contribution in [0.25, 0.3) is 0 Å². The van der Waals surface area contributed by atoms with Crippen LogP contribution < -0.4 is 11.1 Å². The second-order valence-corrected chi connectivity index (χ2v) is 6.42. The number of nitrogens with one attached hydrogen (secondary N) is 1. The van der Waals surface area contributed by atoms with Gasteiger partial charge in [-0.15, -0.1) is 0 Å². The summed E-state index contributed by atoms with van der Waals surface area (Å²) in [5, 5.41) is 3.49. The third-order valence-electron chi connectivity index (χ3n) is 3.61. The van der Waals surface area contributed by atoms with Crippen molar-refractivity contribution in [3.63, 3.8) is 0 Å². The van der Waals surface area contributed by atoms with Crippen LogP contribution in [0.4, 0.5) is 5.69 Å². The summed E-state index contributed by atoms with van der Waals surface area (Å²) in [4.78, 5) is 12.4. The molecule has 1 fully saturated rings. The van der Waals surface area contributed by atoms with Gasteiger partial charge >= 0.3 is 0 Å². The van der Waals surface area contributed by atoms with Crippen LogP contribution in [-0.4, -0.2) is 12.5 Å². The lowest BCUT2D eigenvalue weighted by Crippen LogP contribution is -2.40. The Balaban J connectivity index is 2.15. The normalized spacial score (nSPS) is 17.7. The highest BCUT2D eigenvalue weighted by molar-refractivity contribution is 14.1. The average Bonchev–Trinajstić information content (AvgIpc) is 2.82. The molecular weight excluding hydrogens is 363 g/mol. The van der Waals surface area contributed by atoms with E-state index in [1.165, 1.54) is 0 Å². The lowest BCUT2D eigenvalue weighted by molar-refractivity contribution is -0.124. The Hall–Kier alpha value is -0.330. The molecule has 1 aromatic rings. The summed E-state index contributed by atoms with van der Waals surface area (Å²) < 4.78 is 1.05. The highest BCUT2D eigenvalue weighted by Crippen LogP contribution is 2.38. The first-order valence-electron chi connectivity index (χ1n) is 6.04. The van der Waals surface area contributed by atoms with E-state index < -0.39 is 5.41 Å². The molecular formula is C13H16ClIN2O. The Morgan fingerprint density at radius 2 is 2.11 bits per heavy atom. The maximum Gasteiger partial charge on any atom is 0.231 e. The largest absolute Gasteiger partial charge is 0.329 e. The van der Waals surface area contributed by atoms with Crippen molar-refractivity contribution in [2.45, 2.75) is 25.7 Å². The Morgan fingerprint density at radius 1 is 1.44 bits per heavy atom. The summed E-state index contributed by atoms with van der Waals surface area (Å²) in [6.07, 6.45) is 3.89. The van der Waals surface area contributed by atoms with Gasteiger partial charge in [0, 0.05) is 10.1 Å². The number of carbonyl (C=O) groups excluding carboxylic acids is 1. The van der Waals surface area contributed by atoms with E-state index in [2.05, 4.69) is 27.9 Å². The van der Waals surface area contributed by atoms with Crippen molar-refractivity contribution in [3.05, 3.63) is 26.8 Å². The third-order valence-corrected chi connectivity index (χ3v) is 4.60. The first kappa shape index (κ1) is 14.1. The van der Waals surface area contributed by atoms with Crippen molar-refractivity contribution in [1.82, 2.24) is 0 Å². The molecule has 98 valence electrons. The number of hydrogen-bond donors (Lipinski definition) is 2. The summed E-state index contributed by atoms with van der Waals surface area (Å²) >= 11 is 8.31. The predicted octanol–water partition coefficient (Wildman–Crippen LogP) is 3.40. The van der Waals surface area contributed by atoms with E-state index in [1.807, 2.05) is 18.2 Å². The van der Waals surface area contributed by atoms with Crippen molar-refractivity contribution in [2.75, 3.05) is 11.9 Å². The summed E-state index contributed by atoms with van der Waals surface area (Å²) in [6.45, 7) is 0.404. The number of amides is 1. The first-order chi connectivity index (χ1) is 8.57. The Morgan fingerprint density at radius 3 is 2.67 bits per heavy atom. The molecule has 5 heteroatoms. The summed E-state index contributed by atoms with van der Waals surface area (Å²) in [6, 6.07) is 5.59. The number of halogens is 2. The quantitative estimate of drug-likeness (QED) is 0.792. The minimum absolute atomic E-state index is 0.00519. The fourth-order valence-corrected chi connectivity index (χ4v) is 3.32. The zero-order valence-electron chi connectivity index (χ0n) is 10.0. The Kier molecular flexibility index (Phi) is 4.50. The van der Waals surface area contributed by atoms with Gasteiger partial charge in [-0.05, 0) is 53.6 Å². The van der Waals surface area contributed by atoms with E-state index in [9.17, 15) is 4.79 Å². The number of nitrogens with two attached hydrogens (primary N) is 1. The zero-order chi connectivity index (χ0) is 13.2.